The molecule has 0 spiro atoms. The molecule has 0 radical (unpaired) electrons. The molecule has 4 amide bonds. The average molecular weight is 565 g/mol. The van der Waals surface area contributed by atoms with Crippen molar-refractivity contribution < 1.29 is 28.3 Å². The molecule has 0 aliphatic carbocycles. The third-order valence-electron chi connectivity index (χ3n) is 8.51. The van der Waals surface area contributed by atoms with Crippen molar-refractivity contribution in [2.45, 2.75) is 57.2 Å². The van der Waals surface area contributed by atoms with E-state index in [2.05, 4.69) is 10.6 Å². The van der Waals surface area contributed by atoms with E-state index in [4.69, 9.17) is 4.74 Å². The zero-order chi connectivity index (χ0) is 29.1. The summed E-state index contributed by atoms with van der Waals surface area (Å²) in [4.78, 5) is 57.0. The van der Waals surface area contributed by atoms with Crippen LogP contribution in [0.2, 0.25) is 0 Å². The van der Waals surface area contributed by atoms with Crippen molar-refractivity contribution in [3.8, 4) is 5.75 Å². The number of nitrogens with zero attached hydrogens (tertiary/aromatic N) is 2. The number of amides is 4. The van der Waals surface area contributed by atoms with Gasteiger partial charge in [-0.1, -0.05) is 36.4 Å². The number of rotatable bonds is 4. The Morgan fingerprint density at radius 2 is 1.80 bits per heavy atom. The number of piperidine rings is 2. The highest BCUT2D eigenvalue weighted by Gasteiger charge is 2.45. The molecule has 3 saturated heterocycles. The van der Waals surface area contributed by atoms with Gasteiger partial charge in [-0.2, -0.15) is 0 Å². The van der Waals surface area contributed by atoms with E-state index in [9.17, 15) is 23.6 Å². The first-order valence-corrected chi connectivity index (χ1v) is 14.3. The van der Waals surface area contributed by atoms with Crippen LogP contribution in [0.3, 0.4) is 0 Å². The Hall–Kier alpha value is -3.95. The van der Waals surface area contributed by atoms with Crippen LogP contribution in [-0.2, 0) is 20.8 Å². The highest BCUT2D eigenvalue weighted by molar-refractivity contribution is 5.97. The number of ether oxygens (including phenoxy) is 1. The van der Waals surface area contributed by atoms with Crippen LogP contribution in [-0.4, -0.2) is 78.3 Å². The SMILES string of the molecule is COc1c(F)cccc1C(=O)N1C[C@@H]2C[C@H](C1)[C@@H]1CCCC(=O)N[C@H](C)C(=O)N[C@@H](Cc3ccccc3)C(=O)N1C2. The van der Waals surface area contributed by atoms with E-state index in [1.807, 2.05) is 35.2 Å². The normalized spacial score (nSPS) is 27.1. The summed E-state index contributed by atoms with van der Waals surface area (Å²) in [7, 11) is 1.34. The number of carbonyl (C=O) groups is 4. The fourth-order valence-electron chi connectivity index (χ4n) is 6.59. The molecule has 41 heavy (non-hydrogen) atoms. The van der Waals surface area contributed by atoms with Crippen molar-refractivity contribution >= 4 is 23.6 Å². The molecule has 9 nitrogen and oxygen atoms in total. The fraction of sp³-hybridized carbons (Fsp3) is 0.484. The Morgan fingerprint density at radius 1 is 1.02 bits per heavy atom. The van der Waals surface area contributed by atoms with Gasteiger partial charge in [0.05, 0.1) is 12.7 Å². The number of halogens is 1. The van der Waals surface area contributed by atoms with Gasteiger partial charge in [-0.15, -0.1) is 0 Å². The van der Waals surface area contributed by atoms with Crippen molar-refractivity contribution in [3.05, 3.63) is 65.5 Å². The van der Waals surface area contributed by atoms with Crippen molar-refractivity contribution in [1.29, 1.82) is 0 Å². The van der Waals surface area contributed by atoms with Crippen LogP contribution >= 0.6 is 0 Å². The molecule has 10 heteroatoms. The maximum Gasteiger partial charge on any atom is 0.257 e. The van der Waals surface area contributed by atoms with Crippen molar-refractivity contribution in [2.24, 2.45) is 11.8 Å². The van der Waals surface area contributed by atoms with Crippen LogP contribution < -0.4 is 15.4 Å². The van der Waals surface area contributed by atoms with Gasteiger partial charge in [-0.3, -0.25) is 19.2 Å². The van der Waals surface area contributed by atoms with E-state index >= 15 is 0 Å². The second-order valence-electron chi connectivity index (χ2n) is 11.4. The zero-order valence-electron chi connectivity index (χ0n) is 23.5. The van der Waals surface area contributed by atoms with Gasteiger partial charge in [0.2, 0.25) is 17.7 Å². The summed E-state index contributed by atoms with van der Waals surface area (Å²) in [5.41, 5.74) is 1.10. The van der Waals surface area contributed by atoms with Crippen LogP contribution in [0, 0.1) is 17.7 Å². The maximum absolute atomic E-state index is 14.4. The number of benzene rings is 2. The first kappa shape index (κ1) is 28.6. The lowest BCUT2D eigenvalue weighted by atomic mass is 9.77. The lowest BCUT2D eigenvalue weighted by molar-refractivity contribution is -0.145. The van der Waals surface area contributed by atoms with Crippen LogP contribution in [0.5, 0.6) is 5.75 Å². The van der Waals surface area contributed by atoms with Gasteiger partial charge in [0.15, 0.2) is 11.6 Å². The summed E-state index contributed by atoms with van der Waals surface area (Å²) < 4.78 is 19.6. The number of hydrogen-bond acceptors (Lipinski definition) is 5. The molecule has 2 N–H and O–H groups in total. The predicted octanol–water partition coefficient (Wildman–Crippen LogP) is 2.54. The zero-order valence-corrected chi connectivity index (χ0v) is 23.5. The molecule has 2 bridgehead atoms. The molecule has 2 aromatic carbocycles. The summed E-state index contributed by atoms with van der Waals surface area (Å²) in [6.07, 6.45) is 2.56. The molecule has 3 aliphatic rings. The number of methoxy groups -OCH3 is 1. The van der Waals surface area contributed by atoms with Gasteiger partial charge < -0.3 is 25.2 Å². The van der Waals surface area contributed by atoms with Gasteiger partial charge in [-0.05, 0) is 55.7 Å². The number of carbonyl (C=O) groups excluding carboxylic acids is 4. The van der Waals surface area contributed by atoms with Crippen LogP contribution in [0.1, 0.15) is 48.5 Å². The molecule has 0 aromatic heterocycles. The maximum atomic E-state index is 14.4. The first-order chi connectivity index (χ1) is 19.7. The van der Waals surface area contributed by atoms with Gasteiger partial charge in [0, 0.05) is 38.5 Å². The van der Waals surface area contributed by atoms with Gasteiger partial charge in [0.1, 0.15) is 12.1 Å². The van der Waals surface area contributed by atoms with E-state index in [0.29, 0.717) is 38.9 Å². The number of hydrogen-bond donors (Lipinski definition) is 2. The topological polar surface area (TPSA) is 108 Å². The molecule has 0 saturated carbocycles. The Balaban J connectivity index is 1.42. The fourth-order valence-corrected chi connectivity index (χ4v) is 6.59. The Bertz CT molecular complexity index is 1300. The van der Waals surface area contributed by atoms with Gasteiger partial charge in [0.25, 0.3) is 5.91 Å². The summed E-state index contributed by atoms with van der Waals surface area (Å²) >= 11 is 0. The third-order valence-corrected chi connectivity index (χ3v) is 8.51. The molecule has 2 aromatic rings. The molecule has 5 rings (SSSR count). The number of para-hydroxylation sites is 1. The lowest BCUT2D eigenvalue weighted by Crippen LogP contribution is -2.63. The second-order valence-corrected chi connectivity index (χ2v) is 11.4. The Labute approximate surface area is 239 Å². The molecular formula is C31H37FN4O5. The van der Waals surface area contributed by atoms with E-state index < -0.39 is 23.8 Å². The molecule has 218 valence electrons. The van der Waals surface area contributed by atoms with E-state index in [1.165, 1.54) is 19.2 Å². The number of likely N-dealkylation sites (tertiary alicyclic amines) is 1. The monoisotopic (exact) mass is 564 g/mol. The summed E-state index contributed by atoms with van der Waals surface area (Å²) in [6, 6.07) is 12.1. The minimum atomic E-state index is -0.792. The van der Waals surface area contributed by atoms with Crippen LogP contribution in [0.25, 0.3) is 0 Å². The predicted molar refractivity (Wildman–Crippen MR) is 149 cm³/mol. The standard InChI is InChI=1S/C31H37FN4O5/c1-19-29(38)34-25(15-20-8-4-3-5-9-20)31(40)36-17-21-14-22(26(36)12-7-13-27(37)33-19)18-35(16-21)30(39)23-10-6-11-24(32)28(23)41-2/h3-6,8-11,19,21-22,25-26H,7,12-18H2,1-2H3,(H,33,37)(H,34,38)/t19-,21+,22-,25+,26+/m1/s1. The van der Waals surface area contributed by atoms with Crippen LogP contribution in [0.15, 0.2) is 48.5 Å². The van der Waals surface area contributed by atoms with E-state index in [0.717, 1.165) is 12.0 Å². The number of nitrogens with one attached hydrogen (secondary N) is 2. The molecule has 0 unspecified atom stereocenters. The number of fused-ring (bicyclic) bond motifs is 4. The quantitative estimate of drug-likeness (QED) is 0.594. The van der Waals surface area contributed by atoms with E-state index in [1.54, 1.807) is 17.9 Å². The smallest absolute Gasteiger partial charge is 0.257 e. The Morgan fingerprint density at radius 3 is 2.56 bits per heavy atom. The summed E-state index contributed by atoms with van der Waals surface area (Å²) in [6.45, 7) is 2.90. The highest BCUT2D eigenvalue weighted by Crippen LogP contribution is 2.37. The Kier molecular flexibility index (Phi) is 8.56. The van der Waals surface area contributed by atoms with E-state index in [-0.39, 0.29) is 53.3 Å². The van der Waals surface area contributed by atoms with Crippen molar-refractivity contribution in [1.82, 2.24) is 20.4 Å². The molecule has 5 atom stereocenters. The van der Waals surface area contributed by atoms with Crippen LogP contribution in [0.4, 0.5) is 4.39 Å². The third kappa shape index (κ3) is 6.21. The van der Waals surface area contributed by atoms with Gasteiger partial charge >= 0.3 is 0 Å². The summed E-state index contributed by atoms with van der Waals surface area (Å²) in [5, 5.41) is 5.66. The molecule has 3 fully saturated rings. The molecular weight excluding hydrogens is 527 g/mol. The minimum absolute atomic E-state index is 0.0204. The largest absolute Gasteiger partial charge is 0.493 e. The molecule has 3 heterocycles. The lowest BCUT2D eigenvalue weighted by Gasteiger charge is -2.51. The summed E-state index contributed by atoms with van der Waals surface area (Å²) in [5.74, 6) is -1.71. The average Bonchev–Trinajstić information content (AvgIpc) is 2.96. The first-order valence-electron chi connectivity index (χ1n) is 14.3. The second kappa shape index (κ2) is 12.3. The minimum Gasteiger partial charge on any atom is -0.493 e. The van der Waals surface area contributed by atoms with Gasteiger partial charge in [-0.25, -0.2) is 4.39 Å². The molecule has 3 aliphatic heterocycles. The highest BCUT2D eigenvalue weighted by atomic mass is 19.1. The van der Waals surface area contributed by atoms with Crippen molar-refractivity contribution in [3.63, 3.8) is 0 Å². The van der Waals surface area contributed by atoms with Crippen molar-refractivity contribution in [2.75, 3.05) is 26.7 Å².